The molecule has 2 bridgehead atoms. The lowest BCUT2D eigenvalue weighted by molar-refractivity contribution is 0.0793. The van der Waals surface area contributed by atoms with Gasteiger partial charge in [0.25, 0.3) is 0 Å². The van der Waals surface area contributed by atoms with Crippen LogP contribution in [0.3, 0.4) is 0 Å². The van der Waals surface area contributed by atoms with Gasteiger partial charge in [0.2, 0.25) is 0 Å². The van der Waals surface area contributed by atoms with Gasteiger partial charge in [-0.15, -0.1) is 37.2 Å². The first-order valence-corrected chi connectivity index (χ1v) is 7.01. The molecule has 0 amide bonds. The maximum atomic E-state index is 3.51. The molecule has 6 heteroatoms. The second-order valence-electron chi connectivity index (χ2n) is 5.82. The normalized spacial score (nSPS) is 35.5. The summed E-state index contributed by atoms with van der Waals surface area (Å²) in [6.45, 7) is 5.01. The van der Waals surface area contributed by atoms with Crippen molar-refractivity contribution in [3.8, 4) is 0 Å². The molecule has 0 radical (unpaired) electrons. The highest BCUT2D eigenvalue weighted by Crippen LogP contribution is 2.36. The maximum Gasteiger partial charge on any atom is 0.0126 e. The molecule has 0 spiro atoms. The molecule has 0 saturated carbocycles. The highest BCUT2D eigenvalue weighted by Gasteiger charge is 2.40. The van der Waals surface area contributed by atoms with Crippen LogP contribution in [0.25, 0.3) is 0 Å². The number of nitrogens with one attached hydrogen (secondary N) is 1. The van der Waals surface area contributed by atoms with Crippen molar-refractivity contribution < 1.29 is 0 Å². The van der Waals surface area contributed by atoms with Crippen molar-refractivity contribution in [2.45, 2.75) is 50.2 Å². The molecule has 0 aliphatic carbocycles. The fraction of sp³-hybridized carbons (Fsp3) is 1.00. The van der Waals surface area contributed by atoms with Gasteiger partial charge in [0.15, 0.2) is 0 Å². The van der Waals surface area contributed by atoms with Gasteiger partial charge in [0, 0.05) is 31.2 Å². The van der Waals surface area contributed by atoms with E-state index in [0.29, 0.717) is 0 Å². The summed E-state index contributed by atoms with van der Waals surface area (Å²) in [6, 6.07) is 2.66. The quantitative estimate of drug-likeness (QED) is 0.794. The summed E-state index contributed by atoms with van der Waals surface area (Å²) in [5.74, 6) is 0. The SMILES string of the molecule is CN1C2CCC1CC(N1CCCNCC1)C2.Cl.Cl.Cl. The number of rotatable bonds is 1. The monoisotopic (exact) mass is 331 g/mol. The van der Waals surface area contributed by atoms with Crippen molar-refractivity contribution in [2.75, 3.05) is 33.2 Å². The van der Waals surface area contributed by atoms with Crippen LogP contribution >= 0.6 is 37.2 Å². The van der Waals surface area contributed by atoms with Crippen LogP contribution in [0.1, 0.15) is 32.1 Å². The summed E-state index contributed by atoms with van der Waals surface area (Å²) in [5.41, 5.74) is 0. The van der Waals surface area contributed by atoms with Crippen LogP contribution in [0.4, 0.5) is 0 Å². The van der Waals surface area contributed by atoms with E-state index in [2.05, 4.69) is 22.2 Å². The van der Waals surface area contributed by atoms with Gasteiger partial charge in [0.1, 0.15) is 0 Å². The zero-order valence-electron chi connectivity index (χ0n) is 11.7. The second kappa shape index (κ2) is 8.91. The van der Waals surface area contributed by atoms with E-state index in [1.165, 1.54) is 58.3 Å². The summed E-state index contributed by atoms with van der Waals surface area (Å²) >= 11 is 0. The minimum absolute atomic E-state index is 0. The molecule has 3 rings (SSSR count). The Hall–Kier alpha value is 0.750. The summed E-state index contributed by atoms with van der Waals surface area (Å²) in [4.78, 5) is 5.41. The topological polar surface area (TPSA) is 18.5 Å². The molecule has 2 unspecified atom stereocenters. The Morgan fingerprint density at radius 1 is 0.842 bits per heavy atom. The molecule has 0 aromatic rings. The molecule has 1 N–H and O–H groups in total. The third-order valence-electron chi connectivity index (χ3n) is 4.96. The Labute approximate surface area is 136 Å². The van der Waals surface area contributed by atoms with Crippen LogP contribution in [-0.4, -0.2) is 61.2 Å². The van der Waals surface area contributed by atoms with Gasteiger partial charge in [-0.1, -0.05) is 0 Å². The standard InChI is InChI=1S/C13H25N3.3ClH/c1-15-11-3-4-12(15)10-13(9-11)16-7-2-5-14-6-8-16;;;/h11-14H,2-10H2,1H3;3*1H. The maximum absolute atomic E-state index is 3.51. The van der Waals surface area contributed by atoms with Crippen molar-refractivity contribution in [3.05, 3.63) is 0 Å². The Balaban J connectivity index is 0.00000108. The fourth-order valence-corrected chi connectivity index (χ4v) is 3.91. The van der Waals surface area contributed by atoms with Crippen LogP contribution in [0.2, 0.25) is 0 Å². The third-order valence-corrected chi connectivity index (χ3v) is 4.96. The summed E-state index contributed by atoms with van der Waals surface area (Å²) in [7, 11) is 2.34. The molecule has 3 saturated heterocycles. The van der Waals surface area contributed by atoms with Gasteiger partial charge in [-0.05, 0) is 52.2 Å². The number of halogens is 3. The van der Waals surface area contributed by atoms with E-state index < -0.39 is 0 Å². The first-order valence-electron chi connectivity index (χ1n) is 7.01. The van der Waals surface area contributed by atoms with Crippen molar-refractivity contribution >= 4 is 37.2 Å². The molecule has 116 valence electrons. The fourth-order valence-electron chi connectivity index (χ4n) is 3.91. The lowest BCUT2D eigenvalue weighted by Crippen LogP contribution is -2.49. The average Bonchev–Trinajstić information content (AvgIpc) is 2.60. The Kier molecular flexibility index (Phi) is 9.26. The zero-order valence-corrected chi connectivity index (χ0v) is 14.2. The predicted molar refractivity (Wildman–Crippen MR) is 88.4 cm³/mol. The van der Waals surface area contributed by atoms with Gasteiger partial charge in [-0.25, -0.2) is 0 Å². The van der Waals surface area contributed by atoms with Gasteiger partial charge in [-0.2, -0.15) is 0 Å². The van der Waals surface area contributed by atoms with Gasteiger partial charge in [0.05, 0.1) is 0 Å². The lowest BCUT2D eigenvalue weighted by atomic mass is 9.96. The summed E-state index contributed by atoms with van der Waals surface area (Å²) < 4.78 is 0. The molecular weight excluding hydrogens is 305 g/mol. The zero-order chi connectivity index (χ0) is 11.0. The summed E-state index contributed by atoms with van der Waals surface area (Å²) in [5, 5.41) is 3.51. The number of hydrogen-bond acceptors (Lipinski definition) is 3. The lowest BCUT2D eigenvalue weighted by Gasteiger charge is -2.41. The number of hydrogen-bond donors (Lipinski definition) is 1. The van der Waals surface area contributed by atoms with E-state index in [4.69, 9.17) is 0 Å². The number of nitrogens with zero attached hydrogens (tertiary/aromatic N) is 2. The smallest absolute Gasteiger partial charge is 0.0126 e. The molecule has 3 heterocycles. The van der Waals surface area contributed by atoms with Crippen molar-refractivity contribution in [1.82, 2.24) is 15.1 Å². The van der Waals surface area contributed by atoms with Crippen molar-refractivity contribution in [3.63, 3.8) is 0 Å². The van der Waals surface area contributed by atoms with Gasteiger partial charge >= 0.3 is 0 Å². The molecule has 0 aromatic carbocycles. The first-order chi connectivity index (χ1) is 7.84. The van der Waals surface area contributed by atoms with Crippen LogP contribution in [0.15, 0.2) is 0 Å². The van der Waals surface area contributed by atoms with E-state index in [-0.39, 0.29) is 37.2 Å². The minimum Gasteiger partial charge on any atom is -0.315 e. The first kappa shape index (κ1) is 19.8. The third kappa shape index (κ3) is 4.36. The molecule has 3 aliphatic rings. The molecular formula is C13H28Cl3N3. The van der Waals surface area contributed by atoms with E-state index >= 15 is 0 Å². The van der Waals surface area contributed by atoms with E-state index in [0.717, 1.165) is 18.1 Å². The van der Waals surface area contributed by atoms with Crippen LogP contribution in [0, 0.1) is 0 Å². The van der Waals surface area contributed by atoms with Crippen LogP contribution < -0.4 is 5.32 Å². The van der Waals surface area contributed by atoms with Crippen molar-refractivity contribution in [1.29, 1.82) is 0 Å². The van der Waals surface area contributed by atoms with E-state index in [1.54, 1.807) is 0 Å². The highest BCUT2D eigenvalue weighted by atomic mass is 35.5. The molecule has 19 heavy (non-hydrogen) atoms. The van der Waals surface area contributed by atoms with Gasteiger partial charge in [-0.3, -0.25) is 4.90 Å². The summed E-state index contributed by atoms with van der Waals surface area (Å²) in [6.07, 6.45) is 7.08. The van der Waals surface area contributed by atoms with Crippen LogP contribution in [-0.2, 0) is 0 Å². The molecule has 3 aliphatic heterocycles. The molecule has 3 nitrogen and oxygen atoms in total. The largest absolute Gasteiger partial charge is 0.315 e. The Morgan fingerprint density at radius 3 is 2.11 bits per heavy atom. The molecule has 0 aromatic heterocycles. The Morgan fingerprint density at radius 2 is 1.47 bits per heavy atom. The second-order valence-corrected chi connectivity index (χ2v) is 5.82. The number of piperidine rings is 1. The van der Waals surface area contributed by atoms with E-state index in [9.17, 15) is 0 Å². The van der Waals surface area contributed by atoms with E-state index in [1.807, 2.05) is 0 Å². The average molecular weight is 333 g/mol. The Bertz CT molecular complexity index is 233. The van der Waals surface area contributed by atoms with Gasteiger partial charge < -0.3 is 10.2 Å². The molecule has 3 fully saturated rings. The molecule has 2 atom stereocenters. The number of fused-ring (bicyclic) bond motifs is 2. The van der Waals surface area contributed by atoms with Crippen molar-refractivity contribution in [2.24, 2.45) is 0 Å². The predicted octanol–water partition coefficient (Wildman–Crippen LogP) is 2.17. The minimum atomic E-state index is 0. The highest BCUT2D eigenvalue weighted by molar-refractivity contribution is 5.86. The van der Waals surface area contributed by atoms with Crippen LogP contribution in [0.5, 0.6) is 0 Å².